The number of carbonyl (C=O) groups excluding carboxylic acids is 2. The number of anilines is 1. The van der Waals surface area contributed by atoms with Crippen LogP contribution in [0.15, 0.2) is 41.1 Å². The predicted molar refractivity (Wildman–Crippen MR) is 90.0 cm³/mol. The fourth-order valence-electron chi connectivity index (χ4n) is 2.49. The molecule has 0 saturated carbocycles. The fourth-order valence-corrected chi connectivity index (χ4v) is 3.12. The van der Waals surface area contributed by atoms with Crippen LogP contribution in [0.4, 0.5) is 5.69 Å². The molecule has 1 aliphatic heterocycles. The number of hydrogen-bond acceptors (Lipinski definition) is 4. The van der Waals surface area contributed by atoms with Crippen LogP contribution in [-0.2, 0) is 4.74 Å². The molecule has 0 aliphatic carbocycles. The van der Waals surface area contributed by atoms with Gasteiger partial charge < -0.3 is 15.4 Å². The Morgan fingerprint density at radius 2 is 2.09 bits per heavy atom. The first-order valence-corrected chi connectivity index (χ1v) is 8.50. The average molecular weight is 330 g/mol. The second-order valence-corrected chi connectivity index (χ2v) is 6.14. The summed E-state index contributed by atoms with van der Waals surface area (Å²) in [5.74, 6) is -0.424. The molecule has 2 heterocycles. The SMILES string of the molecule is O=C(Nc1ccccc1C(=O)NCC1CCCO1)c1ccsc1. The van der Waals surface area contributed by atoms with Crippen LogP contribution in [-0.4, -0.2) is 31.1 Å². The zero-order valence-corrected chi connectivity index (χ0v) is 13.4. The molecule has 1 atom stereocenters. The fraction of sp³-hybridized carbons (Fsp3) is 0.294. The summed E-state index contributed by atoms with van der Waals surface area (Å²) < 4.78 is 5.50. The van der Waals surface area contributed by atoms with E-state index in [0.29, 0.717) is 23.4 Å². The molecule has 1 aromatic heterocycles. The van der Waals surface area contributed by atoms with Crippen LogP contribution in [0, 0.1) is 0 Å². The summed E-state index contributed by atoms with van der Waals surface area (Å²) in [6, 6.07) is 8.75. The van der Waals surface area contributed by atoms with Crippen molar-refractivity contribution in [2.75, 3.05) is 18.5 Å². The first kappa shape index (κ1) is 15.7. The van der Waals surface area contributed by atoms with Crippen LogP contribution in [0.5, 0.6) is 0 Å². The minimum atomic E-state index is -0.217. The lowest BCUT2D eigenvalue weighted by atomic mass is 10.1. The number of rotatable bonds is 5. The van der Waals surface area contributed by atoms with Gasteiger partial charge >= 0.3 is 0 Å². The third-order valence-corrected chi connectivity index (χ3v) is 4.40. The average Bonchev–Trinajstić information content (AvgIpc) is 3.26. The lowest BCUT2D eigenvalue weighted by Gasteiger charge is -2.13. The van der Waals surface area contributed by atoms with Crippen molar-refractivity contribution in [3.8, 4) is 0 Å². The first-order chi connectivity index (χ1) is 11.2. The van der Waals surface area contributed by atoms with E-state index in [2.05, 4.69) is 10.6 Å². The van der Waals surface area contributed by atoms with Gasteiger partial charge in [-0.3, -0.25) is 9.59 Å². The summed E-state index contributed by atoms with van der Waals surface area (Å²) in [5, 5.41) is 9.29. The van der Waals surface area contributed by atoms with E-state index >= 15 is 0 Å². The van der Waals surface area contributed by atoms with Crippen molar-refractivity contribution < 1.29 is 14.3 Å². The number of nitrogens with one attached hydrogen (secondary N) is 2. The summed E-state index contributed by atoms with van der Waals surface area (Å²) in [5.41, 5.74) is 1.55. The number of thiophene rings is 1. The molecule has 1 aliphatic rings. The molecule has 5 nitrogen and oxygen atoms in total. The molecule has 2 N–H and O–H groups in total. The van der Waals surface area contributed by atoms with Gasteiger partial charge in [0.15, 0.2) is 0 Å². The number of amides is 2. The van der Waals surface area contributed by atoms with E-state index in [-0.39, 0.29) is 17.9 Å². The molecule has 1 unspecified atom stereocenters. The Kier molecular flexibility index (Phi) is 5.05. The molecule has 120 valence electrons. The van der Waals surface area contributed by atoms with E-state index in [1.165, 1.54) is 11.3 Å². The standard InChI is InChI=1S/C17H18N2O3S/c20-16(12-7-9-23-11-12)19-15-6-2-1-5-14(15)17(21)18-10-13-4-3-8-22-13/h1-2,5-7,9,11,13H,3-4,8,10H2,(H,18,21)(H,19,20). The molecule has 1 saturated heterocycles. The topological polar surface area (TPSA) is 67.4 Å². The van der Waals surface area contributed by atoms with Crippen LogP contribution in [0.1, 0.15) is 33.6 Å². The van der Waals surface area contributed by atoms with Crippen molar-refractivity contribution in [3.63, 3.8) is 0 Å². The Balaban J connectivity index is 1.67. The summed E-state index contributed by atoms with van der Waals surface area (Å²) in [4.78, 5) is 24.5. The van der Waals surface area contributed by atoms with Gasteiger partial charge in [-0.15, -0.1) is 0 Å². The largest absolute Gasteiger partial charge is 0.376 e. The highest BCUT2D eigenvalue weighted by molar-refractivity contribution is 7.08. The van der Waals surface area contributed by atoms with E-state index in [1.807, 2.05) is 5.38 Å². The molecule has 1 aromatic carbocycles. The first-order valence-electron chi connectivity index (χ1n) is 7.56. The molecule has 6 heteroatoms. The number of ether oxygens (including phenoxy) is 1. The van der Waals surface area contributed by atoms with E-state index in [9.17, 15) is 9.59 Å². The van der Waals surface area contributed by atoms with Gasteiger partial charge in [-0.1, -0.05) is 12.1 Å². The number of carbonyl (C=O) groups is 2. The van der Waals surface area contributed by atoms with Gasteiger partial charge in [0.1, 0.15) is 0 Å². The lowest BCUT2D eigenvalue weighted by Crippen LogP contribution is -2.32. The molecule has 1 fully saturated rings. The van der Waals surface area contributed by atoms with E-state index in [1.54, 1.807) is 35.7 Å². The zero-order valence-electron chi connectivity index (χ0n) is 12.6. The summed E-state index contributed by atoms with van der Waals surface area (Å²) >= 11 is 1.46. The van der Waals surface area contributed by atoms with E-state index in [0.717, 1.165) is 19.4 Å². The maximum absolute atomic E-state index is 12.4. The van der Waals surface area contributed by atoms with Gasteiger partial charge in [-0.25, -0.2) is 0 Å². The van der Waals surface area contributed by atoms with Crippen molar-refractivity contribution in [1.82, 2.24) is 5.32 Å². The van der Waals surface area contributed by atoms with Gasteiger partial charge in [0.25, 0.3) is 11.8 Å². The summed E-state index contributed by atoms with van der Waals surface area (Å²) in [6.07, 6.45) is 2.09. The van der Waals surface area contributed by atoms with Crippen LogP contribution in [0.3, 0.4) is 0 Å². The van der Waals surface area contributed by atoms with Gasteiger partial charge in [0.2, 0.25) is 0 Å². The molecular weight excluding hydrogens is 312 g/mol. The van der Waals surface area contributed by atoms with Gasteiger partial charge in [0, 0.05) is 18.5 Å². The number of para-hydroxylation sites is 1. The van der Waals surface area contributed by atoms with Crippen molar-refractivity contribution in [2.45, 2.75) is 18.9 Å². The Morgan fingerprint density at radius 3 is 2.83 bits per heavy atom. The molecular formula is C17H18N2O3S. The van der Waals surface area contributed by atoms with Crippen molar-refractivity contribution in [2.24, 2.45) is 0 Å². The maximum atomic E-state index is 12.4. The molecule has 2 amide bonds. The molecule has 3 rings (SSSR count). The summed E-state index contributed by atoms with van der Waals surface area (Å²) in [6.45, 7) is 1.25. The maximum Gasteiger partial charge on any atom is 0.256 e. The Hall–Kier alpha value is -2.18. The number of hydrogen-bond donors (Lipinski definition) is 2. The quantitative estimate of drug-likeness (QED) is 0.886. The number of benzene rings is 1. The second-order valence-electron chi connectivity index (χ2n) is 5.36. The summed E-state index contributed by atoms with van der Waals surface area (Å²) in [7, 11) is 0. The Labute approximate surface area is 138 Å². The Bertz CT molecular complexity index is 679. The van der Waals surface area contributed by atoms with Crippen LogP contribution in [0.2, 0.25) is 0 Å². The normalized spacial score (nSPS) is 17.0. The van der Waals surface area contributed by atoms with E-state index < -0.39 is 0 Å². The minimum absolute atomic E-state index is 0.0894. The highest BCUT2D eigenvalue weighted by Gasteiger charge is 2.18. The van der Waals surface area contributed by atoms with Crippen LogP contribution in [0.25, 0.3) is 0 Å². The van der Waals surface area contributed by atoms with Gasteiger partial charge in [0.05, 0.1) is 22.9 Å². The molecule has 0 bridgehead atoms. The predicted octanol–water partition coefficient (Wildman–Crippen LogP) is 2.91. The highest BCUT2D eigenvalue weighted by Crippen LogP contribution is 2.18. The molecule has 0 spiro atoms. The highest BCUT2D eigenvalue weighted by atomic mass is 32.1. The smallest absolute Gasteiger partial charge is 0.256 e. The van der Waals surface area contributed by atoms with Crippen molar-refractivity contribution >= 4 is 28.8 Å². The molecule has 23 heavy (non-hydrogen) atoms. The van der Waals surface area contributed by atoms with Crippen molar-refractivity contribution in [1.29, 1.82) is 0 Å². The molecule has 0 radical (unpaired) electrons. The van der Waals surface area contributed by atoms with Crippen LogP contribution >= 0.6 is 11.3 Å². The van der Waals surface area contributed by atoms with Gasteiger partial charge in [-0.05, 0) is 36.4 Å². The second kappa shape index (κ2) is 7.39. The third-order valence-electron chi connectivity index (χ3n) is 3.72. The minimum Gasteiger partial charge on any atom is -0.376 e. The Morgan fingerprint density at radius 1 is 1.22 bits per heavy atom. The van der Waals surface area contributed by atoms with Gasteiger partial charge in [-0.2, -0.15) is 11.3 Å². The zero-order chi connectivity index (χ0) is 16.1. The molecule has 2 aromatic rings. The lowest BCUT2D eigenvalue weighted by molar-refractivity contribution is 0.0858. The van der Waals surface area contributed by atoms with Crippen molar-refractivity contribution in [3.05, 3.63) is 52.2 Å². The monoisotopic (exact) mass is 330 g/mol. The third kappa shape index (κ3) is 3.97. The van der Waals surface area contributed by atoms with E-state index in [4.69, 9.17) is 4.74 Å². The van der Waals surface area contributed by atoms with Crippen LogP contribution < -0.4 is 10.6 Å².